The number of esters is 4. The fourth-order valence-corrected chi connectivity index (χ4v) is 4.77. The van der Waals surface area contributed by atoms with Gasteiger partial charge in [-0.2, -0.15) is 18.8 Å². The van der Waals surface area contributed by atoms with Crippen molar-refractivity contribution in [2.24, 2.45) is 40.9 Å². The SMILES string of the molecule is C.CCC(C=O)CC(=O)OC(C)(C)C.CCC(CC(=O)OC(C)(C)C)C(O)C#N.CCC(CC(=O)OC(C)(C)C)C(O)C(N)=O.CCC(N)C(O)C(N)=O.CC[C@@H](CO)CC(=O)OC(C)(C)C.Cl.S.[C-]#N.[K+]. The molecular weight excluding hydrogens is 1010 g/mol. The minimum Gasteiger partial charge on any atom is -0.512 e. The van der Waals surface area contributed by atoms with E-state index in [9.17, 15) is 43.8 Å². The molecule has 0 rings (SSSR count). The molecule has 0 bridgehead atoms. The van der Waals surface area contributed by atoms with Gasteiger partial charge in [-0.25, -0.2) is 0 Å². The number of hydrogen-bond acceptors (Lipinski definition) is 18. The third-order valence-electron chi connectivity index (χ3n) is 8.51. The van der Waals surface area contributed by atoms with Gasteiger partial charge in [0, 0.05) is 30.4 Å². The molecule has 72 heavy (non-hydrogen) atoms. The number of ether oxygens (including phenoxy) is 4. The first kappa shape index (κ1) is 92.2. The first-order chi connectivity index (χ1) is 30.8. The largest absolute Gasteiger partial charge is 1.00 e. The van der Waals surface area contributed by atoms with E-state index in [0.29, 0.717) is 32.1 Å². The minimum atomic E-state index is -1.29. The minimum absolute atomic E-state index is 0. The van der Waals surface area contributed by atoms with Crippen LogP contribution in [0.3, 0.4) is 0 Å². The molecule has 0 heterocycles. The number of nitrogens with two attached hydrogens (primary N) is 3. The number of amides is 2. The molecule has 0 aromatic heterocycles. The molecule has 0 saturated carbocycles. The van der Waals surface area contributed by atoms with Crippen molar-refractivity contribution in [2.45, 2.75) is 230 Å². The average molecular weight is 1100 g/mol. The molecular formula is C49H97ClKN5O15S. The summed E-state index contributed by atoms with van der Waals surface area (Å²) in [5, 5.41) is 51.2. The number of aliphatic hydroxyl groups is 4. The summed E-state index contributed by atoms with van der Waals surface area (Å²) in [4.78, 5) is 76.7. The van der Waals surface area contributed by atoms with Crippen LogP contribution in [0.4, 0.5) is 0 Å². The predicted molar refractivity (Wildman–Crippen MR) is 280 cm³/mol. The number of aliphatic hydroxyl groups excluding tert-OH is 4. The maximum atomic E-state index is 11.5. The maximum Gasteiger partial charge on any atom is 1.00 e. The second-order valence-electron chi connectivity index (χ2n) is 19.6. The summed E-state index contributed by atoms with van der Waals surface area (Å²) in [6.45, 7) is 35.6. The number of aldehydes is 1. The Morgan fingerprint density at radius 1 is 0.583 bits per heavy atom. The second kappa shape index (κ2) is 49.4. The zero-order valence-corrected chi connectivity index (χ0v) is 51.0. The van der Waals surface area contributed by atoms with Crippen LogP contribution >= 0.6 is 25.9 Å². The molecule has 2 amide bonds. The Morgan fingerprint density at radius 2 is 0.889 bits per heavy atom. The number of primary amides is 2. The third-order valence-corrected chi connectivity index (χ3v) is 8.51. The molecule has 0 aliphatic carbocycles. The first-order valence-electron chi connectivity index (χ1n) is 22.8. The van der Waals surface area contributed by atoms with Crippen molar-refractivity contribution < 1.29 is 124 Å². The normalized spacial score (nSPS) is 13.7. The van der Waals surface area contributed by atoms with Gasteiger partial charge in [0.05, 0.1) is 31.8 Å². The third kappa shape index (κ3) is 61.8. The summed E-state index contributed by atoms with van der Waals surface area (Å²) in [7, 11) is 0. The molecule has 0 fully saturated rings. The van der Waals surface area contributed by atoms with Crippen LogP contribution < -0.4 is 68.6 Å². The van der Waals surface area contributed by atoms with Crippen LogP contribution in [0.1, 0.15) is 183 Å². The van der Waals surface area contributed by atoms with Gasteiger partial charge in [-0.15, -0.1) is 12.4 Å². The van der Waals surface area contributed by atoms with Crippen molar-refractivity contribution in [1.82, 2.24) is 0 Å². The zero-order chi connectivity index (χ0) is 55.4. The van der Waals surface area contributed by atoms with E-state index < -0.39 is 70.5 Å². The summed E-state index contributed by atoms with van der Waals surface area (Å²) in [5.41, 5.74) is 13.0. The molecule has 23 heteroatoms. The van der Waals surface area contributed by atoms with Crippen LogP contribution in [-0.2, 0) is 52.5 Å². The number of nitrogens with zero attached hydrogens (tertiary/aromatic N) is 2. The number of carbonyl (C=O) groups is 7. The van der Waals surface area contributed by atoms with Gasteiger partial charge in [-0.1, -0.05) is 48.5 Å². The van der Waals surface area contributed by atoms with Crippen molar-refractivity contribution in [3.63, 3.8) is 0 Å². The molecule has 0 radical (unpaired) electrons. The molecule has 10 N–H and O–H groups in total. The van der Waals surface area contributed by atoms with E-state index in [4.69, 9.17) is 63.5 Å². The fourth-order valence-electron chi connectivity index (χ4n) is 4.77. The zero-order valence-electron chi connectivity index (χ0n) is 46.1. The van der Waals surface area contributed by atoms with Crippen LogP contribution in [0.5, 0.6) is 0 Å². The van der Waals surface area contributed by atoms with Gasteiger partial charge < -0.3 is 73.2 Å². The predicted octanol–water partition coefficient (Wildman–Crippen LogP) is 2.74. The number of nitriles is 1. The summed E-state index contributed by atoms with van der Waals surface area (Å²) >= 11 is 0. The van der Waals surface area contributed by atoms with E-state index in [0.717, 1.165) is 12.7 Å². The molecule has 20 nitrogen and oxygen atoms in total. The molecule has 0 saturated heterocycles. The Labute approximate surface area is 488 Å². The molecule has 0 aliphatic rings. The van der Waals surface area contributed by atoms with Crippen LogP contribution in [0.15, 0.2) is 0 Å². The fraction of sp³-hybridized carbons (Fsp3) is 0.816. The van der Waals surface area contributed by atoms with E-state index in [1.54, 1.807) is 61.5 Å². The summed E-state index contributed by atoms with van der Waals surface area (Å²) in [5.74, 6) is -3.88. The van der Waals surface area contributed by atoms with E-state index in [-0.39, 0.29) is 146 Å². The van der Waals surface area contributed by atoms with Crippen LogP contribution in [0.2, 0.25) is 0 Å². The maximum absolute atomic E-state index is 11.5. The average Bonchev–Trinajstić information content (AvgIpc) is 3.20. The van der Waals surface area contributed by atoms with Gasteiger partial charge >= 0.3 is 75.3 Å². The number of halogens is 1. The molecule has 0 aromatic carbocycles. The number of carbonyl (C=O) groups excluding carboxylic acids is 7. The van der Waals surface area contributed by atoms with Crippen molar-refractivity contribution in [3.8, 4) is 6.07 Å². The van der Waals surface area contributed by atoms with Gasteiger partial charge in [0.25, 0.3) is 0 Å². The number of hydrogen-bond donors (Lipinski definition) is 7. The van der Waals surface area contributed by atoms with Crippen molar-refractivity contribution >= 4 is 67.9 Å². The summed E-state index contributed by atoms with van der Waals surface area (Å²) in [6, 6.07) is 1.21. The smallest absolute Gasteiger partial charge is 0.512 e. The van der Waals surface area contributed by atoms with E-state index in [2.05, 4.69) is 0 Å². The molecule has 0 aromatic rings. The standard InChI is InChI=1S/C11H21NO4.C11H19NO3.C10H20O3.C10H18O3.C5H12N2O2.CN.CH4.ClH.K.H2S/c1-5-7(9(14)10(12)15)6-8(13)16-11(2,3)4;1-5-8(9(13)7-12)6-10(14)15-11(2,3)4;2*1-5-8(7-11)6-9(12)13-10(2,3)4;1-2-3(6)4(8)5(7)9;1-2;;;;/h7,9,14H,5-6H2,1-4H3,(H2,12,15);8-9,13H,5-6H2,1-4H3;8,11H,5-7H2,1-4H3;7-8H,5-6H2,1-4H3;3-4,8H,2,6H2,1H3,(H2,7,9);;1H4;1H;;1H2/q;;;;;-1;;;+1;/t;;8-;;;;;;;/m..1......./s1. The summed E-state index contributed by atoms with van der Waals surface area (Å²) < 4.78 is 20.4. The van der Waals surface area contributed by atoms with Crippen LogP contribution in [0.25, 0.3) is 0 Å². The summed E-state index contributed by atoms with van der Waals surface area (Å²) in [6.07, 6.45) is 0.904. The molecule has 0 aliphatic heterocycles. The second-order valence-corrected chi connectivity index (χ2v) is 19.6. The van der Waals surface area contributed by atoms with Crippen LogP contribution in [0, 0.1) is 46.8 Å². The molecule has 8 atom stereocenters. The quantitative estimate of drug-likeness (QED) is 0.0230. The van der Waals surface area contributed by atoms with Gasteiger partial charge in [0.15, 0.2) is 0 Å². The van der Waals surface area contributed by atoms with E-state index >= 15 is 0 Å². The number of rotatable bonds is 20. The monoisotopic (exact) mass is 1100 g/mol. The molecule has 0 spiro atoms. The van der Waals surface area contributed by atoms with Crippen molar-refractivity contribution in [2.75, 3.05) is 6.61 Å². The Hall–Kier alpha value is -2.45. The topological polar surface area (TPSA) is 363 Å². The van der Waals surface area contributed by atoms with Crippen molar-refractivity contribution in [1.29, 1.82) is 10.5 Å². The Bertz CT molecular complexity index is 1510. The molecule has 7 unspecified atom stereocenters. The Kier molecular flexibility index (Phi) is 63.3. The van der Waals surface area contributed by atoms with Gasteiger partial charge in [-0.05, 0) is 115 Å². The van der Waals surface area contributed by atoms with Crippen LogP contribution in [-0.4, -0.2) is 116 Å². The molecule has 422 valence electrons. The Balaban J connectivity index is -0.0000000823. The van der Waals surface area contributed by atoms with E-state index in [1.807, 2.05) is 62.3 Å². The first-order valence-corrected chi connectivity index (χ1v) is 22.8. The van der Waals surface area contributed by atoms with E-state index in [1.165, 1.54) is 0 Å². The van der Waals surface area contributed by atoms with Gasteiger partial charge in [-0.3, -0.25) is 28.8 Å². The van der Waals surface area contributed by atoms with Gasteiger partial charge in [0.1, 0.15) is 47.0 Å². The van der Waals surface area contributed by atoms with Gasteiger partial charge in [0.2, 0.25) is 11.8 Å². The van der Waals surface area contributed by atoms with Crippen molar-refractivity contribution in [3.05, 3.63) is 6.57 Å². The Morgan fingerprint density at radius 3 is 1.10 bits per heavy atom.